The Morgan fingerprint density at radius 3 is 2.92 bits per heavy atom. The molecule has 0 aromatic carbocycles. The van der Waals surface area contributed by atoms with Crippen LogP contribution >= 0.6 is 0 Å². The Morgan fingerprint density at radius 1 is 1.38 bits per heavy atom. The third-order valence-electron chi connectivity index (χ3n) is 2.77. The maximum absolute atomic E-state index is 12.0. The molecule has 0 radical (unpaired) electrons. The van der Waals surface area contributed by atoms with Gasteiger partial charge in [0.1, 0.15) is 6.29 Å². The van der Waals surface area contributed by atoms with E-state index in [1.54, 1.807) is 0 Å². The van der Waals surface area contributed by atoms with Crippen molar-refractivity contribution >= 4 is 6.29 Å². The topological polar surface area (TPSA) is 26.3 Å². The van der Waals surface area contributed by atoms with Crippen LogP contribution in [0.25, 0.3) is 0 Å². The third kappa shape index (κ3) is 3.07. The quantitative estimate of drug-likeness (QED) is 0.632. The van der Waals surface area contributed by atoms with E-state index in [-0.39, 0.29) is 12.1 Å². The molecule has 1 fully saturated rings. The summed E-state index contributed by atoms with van der Waals surface area (Å²) in [5.41, 5.74) is -0.289. The summed E-state index contributed by atoms with van der Waals surface area (Å²) in [7, 11) is 0. The fraction of sp³-hybridized carbons (Fsp3) is 0.900. The number of halogens is 1. The molecule has 0 aromatic heterocycles. The highest BCUT2D eigenvalue weighted by molar-refractivity contribution is 5.59. The van der Waals surface area contributed by atoms with Gasteiger partial charge in [0, 0.05) is 18.6 Å². The summed E-state index contributed by atoms with van der Waals surface area (Å²) >= 11 is 0. The highest BCUT2D eigenvalue weighted by atomic mass is 19.1. The summed E-state index contributed by atoms with van der Waals surface area (Å²) in [6, 6.07) is 0. The molecule has 1 saturated heterocycles. The second kappa shape index (κ2) is 5.32. The number of aldehydes is 1. The average molecular weight is 188 g/mol. The van der Waals surface area contributed by atoms with Gasteiger partial charge in [0.15, 0.2) is 0 Å². The predicted octanol–water partition coefficient (Wildman–Crippen LogP) is 2.12. The van der Waals surface area contributed by atoms with Crippen molar-refractivity contribution in [3.05, 3.63) is 0 Å². The van der Waals surface area contributed by atoms with Gasteiger partial charge in [-0.05, 0) is 32.1 Å². The van der Waals surface area contributed by atoms with Crippen molar-refractivity contribution in [1.29, 1.82) is 0 Å². The zero-order chi connectivity index (χ0) is 9.57. The van der Waals surface area contributed by atoms with Gasteiger partial charge in [-0.2, -0.15) is 0 Å². The van der Waals surface area contributed by atoms with E-state index in [0.29, 0.717) is 19.4 Å². The van der Waals surface area contributed by atoms with Crippen LogP contribution in [0.2, 0.25) is 0 Å². The van der Waals surface area contributed by atoms with Gasteiger partial charge in [0.25, 0.3) is 0 Å². The summed E-state index contributed by atoms with van der Waals surface area (Å²) in [6.45, 7) is 1.06. The van der Waals surface area contributed by atoms with Crippen LogP contribution in [-0.4, -0.2) is 26.2 Å². The lowest BCUT2D eigenvalue weighted by Gasteiger charge is -2.24. The highest BCUT2D eigenvalue weighted by Crippen LogP contribution is 2.33. The lowest BCUT2D eigenvalue weighted by Crippen LogP contribution is -2.23. The normalized spacial score (nSPS) is 29.6. The minimum absolute atomic E-state index is 0.289. The second-order valence-corrected chi connectivity index (χ2v) is 3.74. The van der Waals surface area contributed by atoms with Crippen LogP contribution in [0.5, 0.6) is 0 Å². The zero-order valence-corrected chi connectivity index (χ0v) is 7.93. The van der Waals surface area contributed by atoms with Crippen LogP contribution in [0.3, 0.4) is 0 Å². The molecule has 2 nitrogen and oxygen atoms in total. The van der Waals surface area contributed by atoms with Crippen LogP contribution < -0.4 is 0 Å². The zero-order valence-electron chi connectivity index (χ0n) is 7.93. The lowest BCUT2D eigenvalue weighted by atomic mass is 9.78. The van der Waals surface area contributed by atoms with Crippen molar-refractivity contribution in [1.82, 2.24) is 0 Å². The molecule has 0 bridgehead atoms. The molecule has 1 rings (SSSR count). The Bertz CT molecular complexity index is 151. The summed E-state index contributed by atoms with van der Waals surface area (Å²) in [5.74, 6) is 0. The van der Waals surface area contributed by atoms with Crippen LogP contribution in [-0.2, 0) is 9.53 Å². The molecule has 1 heterocycles. The van der Waals surface area contributed by atoms with Crippen molar-refractivity contribution in [3.8, 4) is 0 Å². The smallest absolute Gasteiger partial charge is 0.126 e. The number of hydrogen-bond acceptors (Lipinski definition) is 2. The van der Waals surface area contributed by atoms with Gasteiger partial charge in [-0.3, -0.25) is 4.39 Å². The molecule has 0 N–H and O–H groups in total. The fourth-order valence-electron chi connectivity index (χ4n) is 1.87. The third-order valence-corrected chi connectivity index (χ3v) is 2.77. The minimum Gasteiger partial charge on any atom is -0.381 e. The first kappa shape index (κ1) is 10.6. The number of carbonyl (C=O) groups excluding carboxylic acids is 1. The highest BCUT2D eigenvalue weighted by Gasteiger charge is 2.30. The van der Waals surface area contributed by atoms with Gasteiger partial charge < -0.3 is 9.53 Å². The van der Waals surface area contributed by atoms with Crippen molar-refractivity contribution < 1.29 is 13.9 Å². The van der Waals surface area contributed by atoms with Crippen LogP contribution in [0, 0.1) is 5.41 Å². The molecule has 1 atom stereocenters. The van der Waals surface area contributed by atoms with E-state index < -0.39 is 0 Å². The molecule has 1 aliphatic heterocycles. The van der Waals surface area contributed by atoms with Crippen molar-refractivity contribution in [2.24, 2.45) is 5.41 Å². The lowest BCUT2D eigenvalue weighted by molar-refractivity contribution is -0.117. The molecule has 0 spiro atoms. The van der Waals surface area contributed by atoms with Crippen molar-refractivity contribution in [2.45, 2.75) is 32.1 Å². The Morgan fingerprint density at radius 2 is 2.23 bits per heavy atom. The molecule has 0 aromatic rings. The Balaban J connectivity index is 2.48. The van der Waals surface area contributed by atoms with E-state index in [0.717, 1.165) is 32.2 Å². The molecule has 76 valence electrons. The second-order valence-electron chi connectivity index (χ2n) is 3.74. The number of alkyl halides is 1. The van der Waals surface area contributed by atoms with E-state index in [1.165, 1.54) is 0 Å². The van der Waals surface area contributed by atoms with E-state index in [2.05, 4.69) is 0 Å². The maximum atomic E-state index is 12.0. The molecular formula is C10H17FO2. The van der Waals surface area contributed by atoms with Crippen LogP contribution in [0.1, 0.15) is 32.1 Å². The summed E-state index contributed by atoms with van der Waals surface area (Å²) in [4.78, 5) is 11.0. The molecule has 1 unspecified atom stereocenters. The molecular weight excluding hydrogens is 171 g/mol. The Kier molecular flexibility index (Phi) is 4.36. The standard InChI is InChI=1S/C10H17FO2/c11-6-1-3-10(9-12)4-2-7-13-8-5-10/h9H,1-8H2. The van der Waals surface area contributed by atoms with Crippen LogP contribution in [0.15, 0.2) is 0 Å². The molecule has 13 heavy (non-hydrogen) atoms. The number of rotatable bonds is 4. The molecule has 1 aliphatic rings. The number of carbonyl (C=O) groups is 1. The first-order valence-corrected chi connectivity index (χ1v) is 4.93. The monoisotopic (exact) mass is 188 g/mol. The molecule has 0 amide bonds. The van der Waals surface area contributed by atoms with Crippen molar-refractivity contribution in [3.63, 3.8) is 0 Å². The van der Waals surface area contributed by atoms with Gasteiger partial charge in [-0.1, -0.05) is 0 Å². The summed E-state index contributed by atoms with van der Waals surface area (Å²) in [6.07, 6.45) is 4.73. The molecule has 0 saturated carbocycles. The summed E-state index contributed by atoms with van der Waals surface area (Å²) < 4.78 is 17.3. The minimum atomic E-state index is -0.323. The van der Waals surface area contributed by atoms with E-state index in [4.69, 9.17) is 4.74 Å². The predicted molar refractivity (Wildman–Crippen MR) is 48.4 cm³/mol. The molecule has 3 heteroatoms. The Labute approximate surface area is 78.5 Å². The maximum Gasteiger partial charge on any atom is 0.126 e. The van der Waals surface area contributed by atoms with Gasteiger partial charge in [0.2, 0.25) is 0 Å². The average Bonchev–Trinajstić information content (AvgIpc) is 2.41. The van der Waals surface area contributed by atoms with Gasteiger partial charge in [0.05, 0.1) is 6.67 Å². The molecule has 0 aliphatic carbocycles. The van der Waals surface area contributed by atoms with Crippen LogP contribution in [0.4, 0.5) is 4.39 Å². The van der Waals surface area contributed by atoms with E-state index >= 15 is 0 Å². The van der Waals surface area contributed by atoms with Crippen molar-refractivity contribution in [2.75, 3.05) is 19.9 Å². The SMILES string of the molecule is O=CC1(CCCF)CCCOCC1. The first-order valence-electron chi connectivity index (χ1n) is 4.93. The number of hydrogen-bond donors (Lipinski definition) is 0. The van der Waals surface area contributed by atoms with E-state index in [1.807, 2.05) is 0 Å². The van der Waals surface area contributed by atoms with Gasteiger partial charge in [-0.25, -0.2) is 0 Å². The number of ether oxygens (including phenoxy) is 1. The largest absolute Gasteiger partial charge is 0.381 e. The van der Waals surface area contributed by atoms with Gasteiger partial charge >= 0.3 is 0 Å². The van der Waals surface area contributed by atoms with E-state index in [9.17, 15) is 9.18 Å². The van der Waals surface area contributed by atoms with Gasteiger partial charge in [-0.15, -0.1) is 0 Å². The first-order chi connectivity index (χ1) is 6.33. The fourth-order valence-corrected chi connectivity index (χ4v) is 1.87. The Hall–Kier alpha value is -0.440. The summed E-state index contributed by atoms with van der Waals surface area (Å²) in [5, 5.41) is 0.